The largest absolute Gasteiger partial charge is 0.374 e. The van der Waals surface area contributed by atoms with Gasteiger partial charge in [0.05, 0.1) is 30.3 Å². The van der Waals surface area contributed by atoms with Crippen LogP contribution in [0, 0.1) is 5.82 Å². The molecule has 3 N–H and O–H groups in total. The summed E-state index contributed by atoms with van der Waals surface area (Å²) in [5.74, 6) is -0.283. The van der Waals surface area contributed by atoms with Gasteiger partial charge in [0.25, 0.3) is 0 Å². The average Bonchev–Trinajstić information content (AvgIpc) is 3.26. The summed E-state index contributed by atoms with van der Waals surface area (Å²) in [4.78, 5) is 34.9. The Morgan fingerprint density at radius 2 is 2.06 bits per heavy atom. The molecule has 4 rings (SSSR count). The van der Waals surface area contributed by atoms with Crippen molar-refractivity contribution in [1.29, 1.82) is 0 Å². The zero-order valence-electron chi connectivity index (χ0n) is 19.3. The fourth-order valence-electron chi connectivity index (χ4n) is 3.59. The van der Waals surface area contributed by atoms with Gasteiger partial charge in [-0.05, 0) is 49.7 Å². The molecule has 3 heterocycles. The number of fused-ring (bicyclic) bond motifs is 1. The molecular formula is C25H29FN6O2. The number of carbonyl (C=O) groups is 2. The Kier molecular flexibility index (Phi) is 9.04. The molecule has 34 heavy (non-hydrogen) atoms. The minimum absolute atomic E-state index is 0.0348. The lowest BCUT2D eigenvalue weighted by atomic mass is 9.97. The van der Waals surface area contributed by atoms with Crippen molar-refractivity contribution in [2.24, 2.45) is 4.99 Å². The molecule has 0 saturated heterocycles. The minimum atomic E-state index is -0.283. The second kappa shape index (κ2) is 12.4. The van der Waals surface area contributed by atoms with Crippen LogP contribution in [-0.4, -0.2) is 54.4 Å². The molecule has 1 aromatic carbocycles. The molecule has 1 atom stereocenters. The number of benzene rings is 1. The molecular weight excluding hydrogens is 435 g/mol. The van der Waals surface area contributed by atoms with Gasteiger partial charge >= 0.3 is 0 Å². The van der Waals surface area contributed by atoms with Crippen molar-refractivity contribution < 1.29 is 14.0 Å². The summed E-state index contributed by atoms with van der Waals surface area (Å²) >= 11 is 0. The second-order valence-electron chi connectivity index (χ2n) is 7.90. The van der Waals surface area contributed by atoms with Crippen LogP contribution in [0.2, 0.25) is 0 Å². The molecule has 8 nitrogen and oxygen atoms in total. The summed E-state index contributed by atoms with van der Waals surface area (Å²) in [6, 6.07) is 10.3. The highest BCUT2D eigenvalue weighted by Gasteiger charge is 2.21. The Bertz CT molecular complexity index is 1120. The normalized spacial score (nSPS) is 15.6. The van der Waals surface area contributed by atoms with E-state index in [0.29, 0.717) is 17.8 Å². The van der Waals surface area contributed by atoms with Gasteiger partial charge in [-0.2, -0.15) is 0 Å². The Hall–Kier alpha value is -3.85. The van der Waals surface area contributed by atoms with Crippen LogP contribution in [0.5, 0.6) is 0 Å². The maximum absolute atomic E-state index is 13.0. The molecule has 1 aliphatic heterocycles. The monoisotopic (exact) mass is 464 g/mol. The van der Waals surface area contributed by atoms with E-state index in [2.05, 4.69) is 31.7 Å². The number of halogens is 1. The third-order valence-corrected chi connectivity index (χ3v) is 5.32. The number of aromatic nitrogens is 2. The molecule has 0 amide bonds. The molecule has 0 saturated carbocycles. The number of hydrogen-bond acceptors (Lipinski definition) is 6. The van der Waals surface area contributed by atoms with Crippen molar-refractivity contribution >= 4 is 29.8 Å². The first-order valence-corrected chi connectivity index (χ1v) is 11.0. The van der Waals surface area contributed by atoms with E-state index < -0.39 is 0 Å². The lowest BCUT2D eigenvalue weighted by Crippen LogP contribution is -2.27. The molecule has 1 aliphatic rings. The summed E-state index contributed by atoms with van der Waals surface area (Å²) in [5.41, 5.74) is 4.36. The number of hydrogen-bond donors (Lipinski definition) is 3. The van der Waals surface area contributed by atoms with Crippen molar-refractivity contribution in [3.8, 4) is 0 Å². The maximum atomic E-state index is 13.0. The van der Waals surface area contributed by atoms with Crippen LogP contribution >= 0.6 is 0 Å². The Morgan fingerprint density at radius 1 is 1.26 bits per heavy atom. The van der Waals surface area contributed by atoms with Crippen molar-refractivity contribution in [2.75, 3.05) is 20.6 Å². The Morgan fingerprint density at radius 3 is 2.74 bits per heavy atom. The van der Waals surface area contributed by atoms with Crippen LogP contribution in [0.1, 0.15) is 30.1 Å². The predicted octanol–water partition coefficient (Wildman–Crippen LogP) is 3.10. The number of allylic oxidation sites excluding steroid dienone is 2. The van der Waals surface area contributed by atoms with Crippen LogP contribution in [0.25, 0.3) is 10.9 Å². The molecule has 0 bridgehead atoms. The van der Waals surface area contributed by atoms with E-state index in [4.69, 9.17) is 0 Å². The lowest BCUT2D eigenvalue weighted by molar-refractivity contribution is -0.108. The zero-order chi connectivity index (χ0) is 24.3. The van der Waals surface area contributed by atoms with E-state index in [1.165, 1.54) is 29.6 Å². The summed E-state index contributed by atoms with van der Waals surface area (Å²) < 4.78 is 13.0. The molecule has 0 radical (unpaired) electrons. The van der Waals surface area contributed by atoms with E-state index in [0.717, 1.165) is 36.6 Å². The van der Waals surface area contributed by atoms with Gasteiger partial charge in [-0.3, -0.25) is 9.78 Å². The standard InChI is InChI=1S/C16H18FN3O2.C9H11N3/c1-20(8-9-21)11-18-15-7-6-14(19-16(15)10-22)12-2-4-13(17)5-3-12;1-10-6-8-4-7-5-11-3-2-9(7)12-8/h2-5,9-11,14,19H,6-8H2,1H3;2-5,10,12H,6H2,1H3. The van der Waals surface area contributed by atoms with Gasteiger partial charge in [0.2, 0.25) is 0 Å². The number of likely N-dealkylation sites (N-methyl/N-ethyl adjacent to an activating group) is 1. The third-order valence-electron chi connectivity index (χ3n) is 5.32. The van der Waals surface area contributed by atoms with Crippen LogP contribution in [0.4, 0.5) is 4.39 Å². The third kappa shape index (κ3) is 6.82. The highest BCUT2D eigenvalue weighted by atomic mass is 19.1. The van der Waals surface area contributed by atoms with Crippen LogP contribution in [0.15, 0.2) is 65.2 Å². The predicted molar refractivity (Wildman–Crippen MR) is 131 cm³/mol. The summed E-state index contributed by atoms with van der Waals surface area (Å²) in [6.07, 6.45) is 8.11. The van der Waals surface area contributed by atoms with Gasteiger partial charge in [-0.1, -0.05) is 12.1 Å². The maximum Gasteiger partial charge on any atom is 0.167 e. The van der Waals surface area contributed by atoms with E-state index in [1.807, 2.05) is 19.3 Å². The van der Waals surface area contributed by atoms with E-state index in [-0.39, 0.29) is 18.4 Å². The number of H-pyrrole nitrogens is 1. The molecule has 1 unspecified atom stereocenters. The lowest BCUT2D eigenvalue weighted by Gasteiger charge is -2.26. The number of aldehydes is 2. The van der Waals surface area contributed by atoms with Crippen molar-refractivity contribution in [3.63, 3.8) is 0 Å². The summed E-state index contributed by atoms with van der Waals surface area (Å²) in [7, 11) is 3.67. The number of carbonyl (C=O) groups excluding carboxylic acids is 2. The average molecular weight is 465 g/mol. The molecule has 0 fully saturated rings. The SMILES string of the molecule is CN(C=NC1=C(C=O)NC(c2ccc(F)cc2)CC1)CC=O.CNCc1cc2cnccc2[nH]1. The van der Waals surface area contributed by atoms with Crippen LogP contribution < -0.4 is 10.6 Å². The van der Waals surface area contributed by atoms with Gasteiger partial charge in [0, 0.05) is 42.6 Å². The number of aliphatic imine (C=N–C) groups is 1. The minimum Gasteiger partial charge on any atom is -0.374 e. The molecule has 0 spiro atoms. The smallest absolute Gasteiger partial charge is 0.167 e. The van der Waals surface area contributed by atoms with E-state index >= 15 is 0 Å². The Balaban J connectivity index is 0.000000226. The number of pyridine rings is 1. The van der Waals surface area contributed by atoms with E-state index in [1.54, 1.807) is 30.3 Å². The number of nitrogens with one attached hydrogen (secondary N) is 3. The van der Waals surface area contributed by atoms with Crippen LogP contribution in [0.3, 0.4) is 0 Å². The fourth-order valence-corrected chi connectivity index (χ4v) is 3.59. The van der Waals surface area contributed by atoms with Gasteiger partial charge in [-0.25, -0.2) is 9.38 Å². The first kappa shape index (κ1) is 24.8. The molecule has 2 aromatic heterocycles. The van der Waals surface area contributed by atoms with Gasteiger partial charge in [0.1, 0.15) is 12.1 Å². The second-order valence-corrected chi connectivity index (χ2v) is 7.90. The van der Waals surface area contributed by atoms with Gasteiger partial charge in [0.15, 0.2) is 6.29 Å². The van der Waals surface area contributed by atoms with Gasteiger partial charge < -0.3 is 25.3 Å². The highest BCUT2D eigenvalue weighted by molar-refractivity contribution is 5.79. The first-order valence-electron chi connectivity index (χ1n) is 11.0. The summed E-state index contributed by atoms with van der Waals surface area (Å²) in [6.45, 7) is 1.12. The van der Waals surface area contributed by atoms with Crippen molar-refractivity contribution in [3.05, 3.63) is 77.3 Å². The number of aromatic amines is 1. The molecule has 178 valence electrons. The molecule has 0 aliphatic carbocycles. The Labute approximate surface area is 198 Å². The topological polar surface area (TPSA) is 102 Å². The highest BCUT2D eigenvalue weighted by Crippen LogP contribution is 2.28. The quantitative estimate of drug-likeness (QED) is 0.269. The fraction of sp³-hybridized carbons (Fsp3) is 0.280. The van der Waals surface area contributed by atoms with Crippen molar-refractivity contribution in [2.45, 2.75) is 25.4 Å². The first-order chi connectivity index (χ1) is 16.5. The van der Waals surface area contributed by atoms with Crippen molar-refractivity contribution in [1.82, 2.24) is 25.5 Å². The number of rotatable bonds is 8. The zero-order valence-corrected chi connectivity index (χ0v) is 19.3. The molecule has 3 aromatic rings. The molecule has 9 heteroatoms. The van der Waals surface area contributed by atoms with Gasteiger partial charge in [-0.15, -0.1) is 0 Å². The number of nitrogens with zero attached hydrogens (tertiary/aromatic N) is 3. The van der Waals surface area contributed by atoms with E-state index in [9.17, 15) is 14.0 Å². The van der Waals surface area contributed by atoms with Crippen LogP contribution in [-0.2, 0) is 16.1 Å². The summed E-state index contributed by atoms with van der Waals surface area (Å²) in [5, 5.41) is 7.39.